The SMILES string of the molecule is CCCCCCC(C)O[Si](OC)(OC)OC(C)CCCCCC. The van der Waals surface area contributed by atoms with Crippen molar-refractivity contribution in [3.63, 3.8) is 0 Å². The van der Waals surface area contributed by atoms with E-state index in [0.29, 0.717) is 0 Å². The molecule has 0 fully saturated rings. The van der Waals surface area contributed by atoms with Gasteiger partial charge >= 0.3 is 9.05 Å². The maximum Gasteiger partial charge on any atom is 0.679 e. The van der Waals surface area contributed by atoms with Crippen LogP contribution in [0.5, 0.6) is 0 Å². The third kappa shape index (κ3) is 11.3. The summed E-state index contributed by atoms with van der Waals surface area (Å²) in [4.78, 5) is 0. The monoisotopic (exact) mass is 348 g/mol. The first-order valence-corrected chi connectivity index (χ1v) is 11.1. The molecule has 2 atom stereocenters. The zero-order valence-corrected chi connectivity index (χ0v) is 17.4. The third-order valence-electron chi connectivity index (χ3n) is 4.12. The van der Waals surface area contributed by atoms with Gasteiger partial charge in [0.15, 0.2) is 0 Å². The second-order valence-corrected chi connectivity index (χ2v) is 8.75. The average Bonchev–Trinajstić information content (AvgIpc) is 2.55. The summed E-state index contributed by atoms with van der Waals surface area (Å²) < 4.78 is 23.3. The van der Waals surface area contributed by atoms with Crippen LogP contribution in [0.25, 0.3) is 0 Å². The van der Waals surface area contributed by atoms with Crippen LogP contribution < -0.4 is 0 Å². The third-order valence-corrected chi connectivity index (χ3v) is 6.50. The second kappa shape index (κ2) is 14.4. The molecule has 0 aromatic heterocycles. The highest BCUT2D eigenvalue weighted by molar-refractivity contribution is 6.53. The molecule has 0 spiro atoms. The number of hydrogen-bond donors (Lipinski definition) is 0. The quantitative estimate of drug-likeness (QED) is 0.274. The molecule has 140 valence electrons. The molecular weight excluding hydrogens is 308 g/mol. The van der Waals surface area contributed by atoms with Gasteiger partial charge in [-0.15, -0.1) is 0 Å². The Kier molecular flexibility index (Phi) is 14.4. The second-order valence-electron chi connectivity index (χ2n) is 6.46. The van der Waals surface area contributed by atoms with E-state index in [-0.39, 0.29) is 12.2 Å². The average molecular weight is 349 g/mol. The topological polar surface area (TPSA) is 36.9 Å². The van der Waals surface area contributed by atoms with Crippen molar-refractivity contribution in [2.45, 2.75) is 104 Å². The molecule has 0 aromatic rings. The Hall–Kier alpha value is 0.0569. The van der Waals surface area contributed by atoms with Gasteiger partial charge in [-0.2, -0.15) is 0 Å². The van der Waals surface area contributed by atoms with E-state index in [0.717, 1.165) is 12.8 Å². The summed E-state index contributed by atoms with van der Waals surface area (Å²) >= 11 is 0. The highest BCUT2D eigenvalue weighted by Gasteiger charge is 2.46. The Balaban J connectivity index is 4.25. The molecule has 0 aliphatic rings. The maximum atomic E-state index is 6.09. The normalized spacial score (nSPS) is 14.9. The Bertz CT molecular complexity index is 237. The summed E-state index contributed by atoms with van der Waals surface area (Å²) in [5.74, 6) is 0. The van der Waals surface area contributed by atoms with Gasteiger partial charge in [-0.25, -0.2) is 0 Å². The molecule has 2 unspecified atom stereocenters. The van der Waals surface area contributed by atoms with Gasteiger partial charge in [-0.3, -0.25) is 0 Å². The summed E-state index contributed by atoms with van der Waals surface area (Å²) in [5, 5.41) is 0. The standard InChI is InChI=1S/C18H40O4Si/c1-7-9-11-13-15-17(3)21-23(19-5,20-6)22-18(4)16-14-12-10-8-2/h17-18H,7-16H2,1-6H3. The highest BCUT2D eigenvalue weighted by atomic mass is 28.4. The van der Waals surface area contributed by atoms with E-state index in [1.807, 2.05) is 0 Å². The molecule has 0 saturated heterocycles. The Morgan fingerprint density at radius 3 is 1.35 bits per heavy atom. The van der Waals surface area contributed by atoms with Crippen molar-refractivity contribution in [2.24, 2.45) is 0 Å². The molecule has 4 nitrogen and oxygen atoms in total. The summed E-state index contributed by atoms with van der Waals surface area (Å²) in [6, 6.07) is 0. The molecule has 0 N–H and O–H groups in total. The van der Waals surface area contributed by atoms with Gasteiger partial charge < -0.3 is 17.7 Å². The van der Waals surface area contributed by atoms with Gasteiger partial charge in [-0.05, 0) is 26.7 Å². The van der Waals surface area contributed by atoms with Crippen LogP contribution in [-0.2, 0) is 17.7 Å². The molecule has 0 bridgehead atoms. The van der Waals surface area contributed by atoms with E-state index in [4.69, 9.17) is 17.7 Å². The molecule has 0 amide bonds. The van der Waals surface area contributed by atoms with Crippen molar-refractivity contribution >= 4 is 9.05 Å². The van der Waals surface area contributed by atoms with Crippen molar-refractivity contribution in [3.05, 3.63) is 0 Å². The molecular formula is C18H40O4Si. The van der Waals surface area contributed by atoms with Crippen LogP contribution in [0.4, 0.5) is 0 Å². The van der Waals surface area contributed by atoms with Crippen molar-refractivity contribution < 1.29 is 17.7 Å². The van der Waals surface area contributed by atoms with Gasteiger partial charge in [0.1, 0.15) is 0 Å². The summed E-state index contributed by atoms with van der Waals surface area (Å²) in [6.45, 7) is 8.62. The molecule has 5 heteroatoms. The largest absolute Gasteiger partial charge is 0.679 e. The molecule has 0 radical (unpaired) electrons. The lowest BCUT2D eigenvalue weighted by molar-refractivity contribution is -0.0517. The van der Waals surface area contributed by atoms with E-state index in [2.05, 4.69) is 27.7 Å². The van der Waals surface area contributed by atoms with Crippen LogP contribution in [0.2, 0.25) is 0 Å². The summed E-state index contributed by atoms with van der Waals surface area (Å²) in [7, 11) is 0.250. The predicted octanol–water partition coefficient (Wildman–Crippen LogP) is 5.47. The first kappa shape index (κ1) is 23.1. The van der Waals surface area contributed by atoms with E-state index in [1.165, 1.54) is 51.4 Å². The molecule has 0 aromatic carbocycles. The van der Waals surface area contributed by atoms with Gasteiger partial charge in [0, 0.05) is 26.4 Å². The van der Waals surface area contributed by atoms with Crippen LogP contribution in [0.15, 0.2) is 0 Å². The maximum absolute atomic E-state index is 6.09. The fraction of sp³-hybridized carbons (Fsp3) is 1.00. The zero-order valence-electron chi connectivity index (χ0n) is 16.4. The Morgan fingerprint density at radius 2 is 1.04 bits per heavy atom. The smallest absolute Gasteiger partial charge is 0.355 e. The van der Waals surface area contributed by atoms with E-state index in [1.54, 1.807) is 14.2 Å². The minimum absolute atomic E-state index is 0.103. The van der Waals surface area contributed by atoms with E-state index < -0.39 is 9.05 Å². The highest BCUT2D eigenvalue weighted by Crippen LogP contribution is 2.20. The summed E-state index contributed by atoms with van der Waals surface area (Å²) in [5.41, 5.74) is 0. The minimum atomic E-state index is -3.01. The van der Waals surface area contributed by atoms with Crippen LogP contribution >= 0.6 is 0 Å². The number of rotatable bonds is 16. The number of unbranched alkanes of at least 4 members (excludes halogenated alkanes) is 6. The van der Waals surface area contributed by atoms with Crippen molar-refractivity contribution in [3.8, 4) is 0 Å². The molecule has 0 aliphatic carbocycles. The lowest BCUT2D eigenvalue weighted by atomic mass is 10.1. The Morgan fingerprint density at radius 1 is 0.652 bits per heavy atom. The van der Waals surface area contributed by atoms with Crippen molar-refractivity contribution in [2.75, 3.05) is 14.2 Å². The first-order valence-electron chi connectivity index (χ1n) is 9.49. The first-order chi connectivity index (χ1) is 11.0. The molecule has 0 aliphatic heterocycles. The van der Waals surface area contributed by atoms with Crippen molar-refractivity contribution in [1.82, 2.24) is 0 Å². The zero-order chi connectivity index (χ0) is 17.6. The fourth-order valence-electron chi connectivity index (χ4n) is 2.63. The molecule has 0 heterocycles. The van der Waals surface area contributed by atoms with Crippen molar-refractivity contribution in [1.29, 1.82) is 0 Å². The number of hydrogen-bond acceptors (Lipinski definition) is 4. The van der Waals surface area contributed by atoms with Gasteiger partial charge in [0.05, 0.1) is 0 Å². The summed E-state index contributed by atoms with van der Waals surface area (Å²) in [6.07, 6.45) is 12.2. The van der Waals surface area contributed by atoms with Crippen LogP contribution in [0.1, 0.15) is 91.9 Å². The Labute approximate surface area is 145 Å². The minimum Gasteiger partial charge on any atom is -0.355 e. The van der Waals surface area contributed by atoms with E-state index >= 15 is 0 Å². The van der Waals surface area contributed by atoms with Crippen LogP contribution in [0.3, 0.4) is 0 Å². The lowest BCUT2D eigenvalue weighted by Crippen LogP contribution is -2.51. The molecule has 23 heavy (non-hydrogen) atoms. The van der Waals surface area contributed by atoms with E-state index in [9.17, 15) is 0 Å². The van der Waals surface area contributed by atoms with Gasteiger partial charge in [0.25, 0.3) is 0 Å². The molecule has 0 rings (SSSR count). The lowest BCUT2D eigenvalue weighted by Gasteiger charge is -2.30. The molecule has 0 saturated carbocycles. The van der Waals surface area contributed by atoms with Crippen LogP contribution in [-0.4, -0.2) is 35.5 Å². The van der Waals surface area contributed by atoms with Gasteiger partial charge in [-0.1, -0.05) is 65.2 Å². The van der Waals surface area contributed by atoms with Crippen LogP contribution in [0, 0.1) is 0 Å². The fourth-order valence-corrected chi connectivity index (χ4v) is 4.46. The van der Waals surface area contributed by atoms with Gasteiger partial charge in [0.2, 0.25) is 0 Å². The predicted molar refractivity (Wildman–Crippen MR) is 98.4 cm³/mol.